The maximum atomic E-state index is 10.2. The van der Waals surface area contributed by atoms with Crippen LogP contribution in [0.25, 0.3) is 0 Å². The van der Waals surface area contributed by atoms with Crippen molar-refractivity contribution in [1.29, 1.82) is 0 Å². The van der Waals surface area contributed by atoms with Crippen molar-refractivity contribution in [1.82, 2.24) is 0 Å². The maximum absolute atomic E-state index is 10.2. The van der Waals surface area contributed by atoms with E-state index in [1.165, 1.54) is 6.42 Å². The van der Waals surface area contributed by atoms with Crippen LogP contribution in [0.4, 0.5) is 0 Å². The van der Waals surface area contributed by atoms with E-state index in [0.717, 1.165) is 6.42 Å². The molecular formula is C7H7O. The van der Waals surface area contributed by atoms with Gasteiger partial charge in [-0.3, -0.25) is 4.79 Å². The molecule has 1 radical (unpaired) electrons. The third kappa shape index (κ3) is 0.253. The summed E-state index contributed by atoms with van der Waals surface area (Å²) in [6.07, 6.45) is 8.40. The van der Waals surface area contributed by atoms with E-state index in [-0.39, 0.29) is 5.41 Å². The standard InChI is InChI=1S/C7H7O/c8-5-7-3-1-6(7)2-4-7/h1,3,6H,2,4H2. The molecular weight excluding hydrogens is 100 g/mol. The van der Waals surface area contributed by atoms with Crippen LogP contribution in [0.5, 0.6) is 0 Å². The molecule has 0 aromatic carbocycles. The molecule has 2 aliphatic rings. The fourth-order valence-electron chi connectivity index (χ4n) is 1.43. The van der Waals surface area contributed by atoms with Crippen molar-refractivity contribution in [2.45, 2.75) is 12.8 Å². The van der Waals surface area contributed by atoms with Crippen molar-refractivity contribution in [2.24, 2.45) is 11.3 Å². The number of fused-ring (bicyclic) bond motifs is 1. The van der Waals surface area contributed by atoms with Crippen LogP contribution in [0.15, 0.2) is 12.2 Å². The fourth-order valence-corrected chi connectivity index (χ4v) is 1.43. The Morgan fingerprint density at radius 1 is 1.75 bits per heavy atom. The SMILES string of the molecule is O=[C]C12C=CC1CC2. The van der Waals surface area contributed by atoms with Gasteiger partial charge in [0.05, 0.1) is 5.41 Å². The van der Waals surface area contributed by atoms with Gasteiger partial charge in [0.2, 0.25) is 6.29 Å². The molecule has 0 heterocycles. The van der Waals surface area contributed by atoms with E-state index in [9.17, 15) is 4.79 Å². The minimum Gasteiger partial charge on any atom is -0.290 e. The summed E-state index contributed by atoms with van der Waals surface area (Å²) in [7, 11) is 0. The number of carbonyl (C=O) groups excluding carboxylic acids is 1. The Balaban J connectivity index is 2.29. The Morgan fingerprint density at radius 3 is 2.62 bits per heavy atom. The van der Waals surface area contributed by atoms with Crippen molar-refractivity contribution in [3.63, 3.8) is 0 Å². The second kappa shape index (κ2) is 1.04. The molecule has 1 fully saturated rings. The average Bonchev–Trinajstić information content (AvgIpc) is 1.78. The van der Waals surface area contributed by atoms with Crippen LogP contribution in [0.2, 0.25) is 0 Å². The predicted octanol–water partition coefficient (Wildman–Crippen LogP) is 1.06. The van der Waals surface area contributed by atoms with Crippen LogP contribution < -0.4 is 0 Å². The minimum atomic E-state index is -0.0833. The molecule has 0 aromatic heterocycles. The molecule has 2 aliphatic carbocycles. The summed E-state index contributed by atoms with van der Waals surface area (Å²) in [6, 6.07) is 0. The summed E-state index contributed by atoms with van der Waals surface area (Å²) in [5, 5.41) is 0. The van der Waals surface area contributed by atoms with Crippen LogP contribution in [0.3, 0.4) is 0 Å². The summed E-state index contributed by atoms with van der Waals surface area (Å²) in [5.74, 6) is 0.569. The molecule has 0 N–H and O–H groups in total. The highest BCUT2D eigenvalue weighted by Crippen LogP contribution is 2.53. The Hall–Kier alpha value is -0.590. The first-order chi connectivity index (χ1) is 3.87. The van der Waals surface area contributed by atoms with E-state index in [1.807, 2.05) is 6.08 Å². The highest BCUT2D eigenvalue weighted by molar-refractivity contribution is 5.69. The van der Waals surface area contributed by atoms with E-state index in [0.29, 0.717) is 5.92 Å². The zero-order valence-corrected chi connectivity index (χ0v) is 4.55. The Morgan fingerprint density at radius 2 is 2.62 bits per heavy atom. The topological polar surface area (TPSA) is 17.1 Å². The summed E-state index contributed by atoms with van der Waals surface area (Å²) in [4.78, 5) is 10.2. The van der Waals surface area contributed by atoms with Gasteiger partial charge in [0, 0.05) is 0 Å². The Bertz CT molecular complexity index is 160. The average molecular weight is 107 g/mol. The lowest BCUT2D eigenvalue weighted by Crippen LogP contribution is -2.44. The monoisotopic (exact) mass is 107 g/mol. The first-order valence-corrected chi connectivity index (χ1v) is 2.96. The minimum absolute atomic E-state index is 0.0833. The Labute approximate surface area is 48.4 Å². The van der Waals surface area contributed by atoms with E-state index in [4.69, 9.17) is 0 Å². The summed E-state index contributed by atoms with van der Waals surface area (Å²) in [5.41, 5.74) is -0.0833. The zero-order valence-electron chi connectivity index (χ0n) is 4.55. The van der Waals surface area contributed by atoms with E-state index < -0.39 is 0 Å². The van der Waals surface area contributed by atoms with Gasteiger partial charge < -0.3 is 0 Å². The highest BCUT2D eigenvalue weighted by Gasteiger charge is 2.49. The van der Waals surface area contributed by atoms with Crippen molar-refractivity contribution in [3.8, 4) is 0 Å². The van der Waals surface area contributed by atoms with Gasteiger partial charge in [-0.15, -0.1) is 0 Å². The van der Waals surface area contributed by atoms with Crippen molar-refractivity contribution < 1.29 is 4.79 Å². The first-order valence-electron chi connectivity index (χ1n) is 2.96. The molecule has 8 heavy (non-hydrogen) atoms. The second-order valence-corrected chi connectivity index (χ2v) is 2.65. The highest BCUT2D eigenvalue weighted by atomic mass is 16.1. The third-order valence-corrected chi connectivity index (χ3v) is 2.35. The quantitative estimate of drug-likeness (QED) is 0.458. The van der Waals surface area contributed by atoms with Crippen molar-refractivity contribution in [3.05, 3.63) is 12.2 Å². The van der Waals surface area contributed by atoms with Gasteiger partial charge in [0.15, 0.2) is 0 Å². The lowest BCUT2D eigenvalue weighted by atomic mass is 9.54. The van der Waals surface area contributed by atoms with Crippen LogP contribution in [0.1, 0.15) is 12.8 Å². The molecule has 2 rings (SSSR count). The summed E-state index contributed by atoms with van der Waals surface area (Å²) in [6.45, 7) is 0. The van der Waals surface area contributed by atoms with Gasteiger partial charge in [-0.25, -0.2) is 0 Å². The normalized spacial score (nSPS) is 48.8. The molecule has 0 bridgehead atoms. The molecule has 0 amide bonds. The molecule has 0 spiro atoms. The largest absolute Gasteiger partial charge is 0.290 e. The van der Waals surface area contributed by atoms with Gasteiger partial charge in [-0.1, -0.05) is 12.2 Å². The summed E-state index contributed by atoms with van der Waals surface area (Å²) >= 11 is 0. The van der Waals surface area contributed by atoms with Crippen LogP contribution in [-0.4, -0.2) is 6.29 Å². The molecule has 0 saturated heterocycles. The molecule has 41 valence electrons. The molecule has 1 heteroatoms. The van der Waals surface area contributed by atoms with Crippen LogP contribution in [-0.2, 0) is 4.79 Å². The van der Waals surface area contributed by atoms with Crippen LogP contribution in [0, 0.1) is 11.3 Å². The third-order valence-electron chi connectivity index (χ3n) is 2.35. The van der Waals surface area contributed by atoms with Crippen molar-refractivity contribution in [2.75, 3.05) is 0 Å². The van der Waals surface area contributed by atoms with Crippen molar-refractivity contribution >= 4 is 6.29 Å². The van der Waals surface area contributed by atoms with E-state index in [2.05, 4.69) is 12.4 Å². The number of rotatable bonds is 1. The fraction of sp³-hybridized carbons (Fsp3) is 0.571. The molecule has 1 saturated carbocycles. The van der Waals surface area contributed by atoms with Gasteiger partial charge in [0.1, 0.15) is 0 Å². The number of hydrogen-bond donors (Lipinski definition) is 0. The lowest BCUT2D eigenvalue weighted by molar-refractivity contribution is 0.170. The molecule has 0 aromatic rings. The first kappa shape index (κ1) is 4.30. The molecule has 1 nitrogen and oxygen atoms in total. The van der Waals surface area contributed by atoms with E-state index >= 15 is 0 Å². The number of allylic oxidation sites excluding steroid dienone is 2. The Kier molecular flexibility index (Phi) is 0.561. The number of hydrogen-bond acceptors (Lipinski definition) is 1. The smallest absolute Gasteiger partial charge is 0.209 e. The molecule has 2 unspecified atom stereocenters. The lowest BCUT2D eigenvalue weighted by Gasteiger charge is -2.47. The molecule has 0 aliphatic heterocycles. The van der Waals surface area contributed by atoms with Crippen LogP contribution >= 0.6 is 0 Å². The van der Waals surface area contributed by atoms with E-state index in [1.54, 1.807) is 0 Å². The summed E-state index contributed by atoms with van der Waals surface area (Å²) < 4.78 is 0. The maximum Gasteiger partial charge on any atom is 0.209 e. The van der Waals surface area contributed by atoms with Gasteiger partial charge in [0.25, 0.3) is 0 Å². The predicted molar refractivity (Wildman–Crippen MR) is 30.0 cm³/mol. The molecule has 2 atom stereocenters. The second-order valence-electron chi connectivity index (χ2n) is 2.65. The van der Waals surface area contributed by atoms with Gasteiger partial charge >= 0.3 is 0 Å². The van der Waals surface area contributed by atoms with Gasteiger partial charge in [-0.05, 0) is 18.8 Å². The zero-order chi connectivity index (χ0) is 5.61. The van der Waals surface area contributed by atoms with Gasteiger partial charge in [-0.2, -0.15) is 0 Å².